The highest BCUT2D eigenvalue weighted by Crippen LogP contribution is 2.28. The number of nitrogens with zero attached hydrogens (tertiary/aromatic N) is 2. The van der Waals surface area contributed by atoms with Crippen LogP contribution in [0.25, 0.3) is 46.4 Å². The van der Waals surface area contributed by atoms with E-state index in [-0.39, 0.29) is 0 Å². The highest BCUT2D eigenvalue weighted by Gasteiger charge is 2.15. The van der Waals surface area contributed by atoms with Gasteiger partial charge in [0.25, 0.3) is 0 Å². The average Bonchev–Trinajstić information content (AvgIpc) is 3.69. The summed E-state index contributed by atoms with van der Waals surface area (Å²) in [5.74, 6) is 0. The Morgan fingerprint density at radius 2 is 0.694 bits per heavy atom. The van der Waals surface area contributed by atoms with Crippen LogP contribution in [0, 0.1) is 0 Å². The minimum absolute atomic E-state index is 0.989. The predicted molar refractivity (Wildman–Crippen MR) is 155 cm³/mol. The smallest absolute Gasteiger partial charge is 0.0690 e. The molecule has 2 N–H and O–H groups in total. The van der Waals surface area contributed by atoms with Crippen molar-refractivity contribution in [3.63, 3.8) is 0 Å². The molecule has 3 aromatic heterocycles. The topological polar surface area (TPSA) is 57.4 Å². The summed E-state index contributed by atoms with van der Waals surface area (Å²) in [6.45, 7) is 8.96. The molecule has 0 radical (unpaired) electrons. The second-order valence-corrected chi connectivity index (χ2v) is 9.92. The van der Waals surface area contributed by atoms with E-state index < -0.39 is 0 Å². The van der Waals surface area contributed by atoms with Crippen LogP contribution in [0.2, 0.25) is 0 Å². The lowest BCUT2D eigenvalue weighted by atomic mass is 10.1. The Kier molecular flexibility index (Phi) is 7.22. The van der Waals surface area contributed by atoms with E-state index in [2.05, 4.69) is 86.2 Å². The van der Waals surface area contributed by atoms with Crippen molar-refractivity contribution in [1.82, 2.24) is 19.9 Å². The Morgan fingerprint density at radius 1 is 0.444 bits per heavy atom. The lowest BCUT2D eigenvalue weighted by molar-refractivity contribution is 0.906. The monoisotopic (exact) mass is 478 g/mol. The molecule has 8 bridgehead atoms. The van der Waals surface area contributed by atoms with Crippen LogP contribution in [0.15, 0.2) is 24.3 Å². The predicted octanol–water partition coefficient (Wildman–Crippen LogP) is 8.47. The molecule has 5 heterocycles. The van der Waals surface area contributed by atoms with E-state index in [1.54, 1.807) is 0 Å². The highest BCUT2D eigenvalue weighted by atomic mass is 14.8. The van der Waals surface area contributed by atoms with Crippen molar-refractivity contribution in [3.05, 3.63) is 69.3 Å². The van der Waals surface area contributed by atoms with E-state index in [1.165, 1.54) is 44.3 Å². The molecule has 0 atom stereocenters. The number of H-pyrrole nitrogens is 2. The van der Waals surface area contributed by atoms with Crippen LogP contribution in [-0.4, -0.2) is 19.9 Å². The maximum atomic E-state index is 5.19. The molecule has 0 amide bonds. The number of aryl methyl sites for hydroxylation is 4. The van der Waals surface area contributed by atoms with E-state index in [0.717, 1.165) is 74.1 Å². The Hall–Kier alpha value is -3.40. The van der Waals surface area contributed by atoms with Gasteiger partial charge in [0.1, 0.15) is 0 Å². The third-order valence-corrected chi connectivity index (χ3v) is 7.19. The fraction of sp³-hybridized carbons (Fsp3) is 0.375. The number of aromatic amines is 2. The van der Waals surface area contributed by atoms with Crippen LogP contribution in [0.1, 0.15) is 98.4 Å². The molecule has 2 aliphatic rings. The van der Waals surface area contributed by atoms with Gasteiger partial charge in [-0.15, -0.1) is 0 Å². The average molecular weight is 479 g/mol. The molecular weight excluding hydrogens is 440 g/mol. The Morgan fingerprint density at radius 3 is 0.917 bits per heavy atom. The van der Waals surface area contributed by atoms with Crippen LogP contribution in [0.5, 0.6) is 0 Å². The first-order valence-electron chi connectivity index (χ1n) is 13.8. The first kappa shape index (κ1) is 24.3. The summed E-state index contributed by atoms with van der Waals surface area (Å²) < 4.78 is 0. The molecule has 0 saturated carbocycles. The lowest BCUT2D eigenvalue weighted by Crippen LogP contribution is -1.94. The van der Waals surface area contributed by atoms with Crippen molar-refractivity contribution in [2.24, 2.45) is 0 Å². The van der Waals surface area contributed by atoms with Gasteiger partial charge in [0.05, 0.1) is 22.8 Å². The highest BCUT2D eigenvalue weighted by molar-refractivity contribution is 5.83. The number of hydrogen-bond acceptors (Lipinski definition) is 2. The molecule has 0 fully saturated rings. The second-order valence-electron chi connectivity index (χ2n) is 9.92. The molecule has 0 spiro atoms. The zero-order valence-corrected chi connectivity index (χ0v) is 22.2. The number of hydrogen-bond donors (Lipinski definition) is 2. The fourth-order valence-corrected chi connectivity index (χ4v) is 5.49. The lowest BCUT2D eigenvalue weighted by Gasteiger charge is -2.04. The Labute approximate surface area is 214 Å². The molecule has 0 unspecified atom stereocenters. The van der Waals surface area contributed by atoms with Gasteiger partial charge in [0, 0.05) is 44.3 Å². The van der Waals surface area contributed by atoms with Gasteiger partial charge in [-0.05, 0) is 74.3 Å². The van der Waals surface area contributed by atoms with Gasteiger partial charge >= 0.3 is 0 Å². The van der Waals surface area contributed by atoms with Gasteiger partial charge < -0.3 is 9.97 Å². The number of nitrogens with one attached hydrogen (secondary N) is 2. The molecule has 0 aromatic carbocycles. The van der Waals surface area contributed by atoms with E-state index in [9.17, 15) is 0 Å². The van der Waals surface area contributed by atoms with Crippen LogP contribution >= 0.6 is 0 Å². The summed E-state index contributed by atoms with van der Waals surface area (Å²) in [6, 6.07) is 8.92. The molecule has 4 heteroatoms. The number of rotatable bonds is 8. The number of fused-ring (bicyclic) bond motifs is 8. The maximum Gasteiger partial charge on any atom is 0.0690 e. The SMILES string of the molecule is CCCc1c2nc(c(CCC)c3ccc([nH]3)c(CCC)c3nc(c(CCC)c4ccc1[nH]4)C=C3)C=C2. The van der Waals surface area contributed by atoms with Crippen LogP contribution in [-0.2, 0) is 25.7 Å². The molecule has 0 aliphatic carbocycles. The molecule has 36 heavy (non-hydrogen) atoms. The summed E-state index contributed by atoms with van der Waals surface area (Å²) in [5, 5.41) is 0. The molecule has 0 saturated heterocycles. The molecule has 3 aromatic rings. The van der Waals surface area contributed by atoms with Gasteiger partial charge in [-0.25, -0.2) is 9.97 Å². The summed E-state index contributed by atoms with van der Waals surface area (Å²) in [5.41, 5.74) is 14.1. The van der Waals surface area contributed by atoms with Gasteiger partial charge in [0.15, 0.2) is 0 Å². The fourth-order valence-electron chi connectivity index (χ4n) is 5.49. The molecule has 186 valence electrons. The molecule has 2 aliphatic heterocycles. The summed E-state index contributed by atoms with van der Waals surface area (Å²) in [4.78, 5) is 17.9. The normalized spacial score (nSPS) is 12.6. The quantitative estimate of drug-likeness (QED) is 0.235. The van der Waals surface area contributed by atoms with E-state index in [0.29, 0.717) is 0 Å². The van der Waals surface area contributed by atoms with Gasteiger partial charge in [-0.2, -0.15) is 0 Å². The Bertz CT molecular complexity index is 1260. The molecular formula is C32H38N4. The van der Waals surface area contributed by atoms with Crippen molar-refractivity contribution >= 4 is 46.4 Å². The van der Waals surface area contributed by atoms with E-state index in [4.69, 9.17) is 9.97 Å². The molecule has 5 rings (SSSR count). The van der Waals surface area contributed by atoms with Crippen molar-refractivity contribution < 1.29 is 0 Å². The van der Waals surface area contributed by atoms with Gasteiger partial charge in [0.2, 0.25) is 0 Å². The van der Waals surface area contributed by atoms with Gasteiger partial charge in [-0.3, -0.25) is 0 Å². The van der Waals surface area contributed by atoms with Crippen LogP contribution < -0.4 is 0 Å². The van der Waals surface area contributed by atoms with Crippen molar-refractivity contribution in [3.8, 4) is 0 Å². The van der Waals surface area contributed by atoms with Crippen LogP contribution in [0.3, 0.4) is 0 Å². The van der Waals surface area contributed by atoms with Gasteiger partial charge in [-0.1, -0.05) is 53.4 Å². The first-order valence-corrected chi connectivity index (χ1v) is 13.8. The zero-order chi connectivity index (χ0) is 25.1. The number of aromatic nitrogens is 4. The zero-order valence-electron chi connectivity index (χ0n) is 22.2. The standard InChI is InChI=1S/C32H38N4/c1-5-9-21-25-13-15-27(33-25)22(10-6-2)29-17-19-31(35-29)24(12-8-4)32-20-18-30(36-32)23(11-7-3)28-16-14-26(21)34-28/h13-20,33,36H,5-12H2,1-4H3. The first-order chi connectivity index (χ1) is 17.7. The third-order valence-electron chi connectivity index (χ3n) is 7.19. The summed E-state index contributed by atoms with van der Waals surface area (Å²) in [7, 11) is 0. The van der Waals surface area contributed by atoms with Crippen molar-refractivity contribution in [1.29, 1.82) is 0 Å². The summed E-state index contributed by atoms with van der Waals surface area (Å²) >= 11 is 0. The van der Waals surface area contributed by atoms with Crippen molar-refractivity contribution in [2.45, 2.75) is 79.1 Å². The minimum Gasteiger partial charge on any atom is -0.355 e. The van der Waals surface area contributed by atoms with E-state index >= 15 is 0 Å². The minimum atomic E-state index is 0.989. The largest absolute Gasteiger partial charge is 0.355 e. The third kappa shape index (κ3) is 4.57. The van der Waals surface area contributed by atoms with Crippen LogP contribution in [0.4, 0.5) is 0 Å². The molecule has 4 nitrogen and oxygen atoms in total. The van der Waals surface area contributed by atoms with E-state index in [1.807, 2.05) is 0 Å². The van der Waals surface area contributed by atoms with Crippen molar-refractivity contribution in [2.75, 3.05) is 0 Å². The second kappa shape index (κ2) is 10.7. The Balaban J connectivity index is 1.94. The maximum absolute atomic E-state index is 5.19. The summed E-state index contributed by atoms with van der Waals surface area (Å²) in [6.07, 6.45) is 17.1.